The molecule has 0 spiro atoms. The van der Waals surface area contributed by atoms with Gasteiger partial charge in [0.05, 0.1) is 0 Å². The number of aryl methyl sites for hydroxylation is 3. The minimum atomic E-state index is 1.18. The van der Waals surface area contributed by atoms with E-state index in [0.29, 0.717) is 0 Å². The SMILES string of the molecule is Cc1cc(C)c(C2=CCSCC2)c(C)c1. The van der Waals surface area contributed by atoms with Gasteiger partial charge in [-0.25, -0.2) is 0 Å². The Morgan fingerprint density at radius 1 is 1.07 bits per heavy atom. The molecule has 1 heteroatoms. The fraction of sp³-hybridized carbons (Fsp3) is 0.429. The average molecular weight is 218 g/mol. The first-order chi connectivity index (χ1) is 7.18. The zero-order valence-corrected chi connectivity index (χ0v) is 10.6. The quantitative estimate of drug-likeness (QED) is 0.683. The van der Waals surface area contributed by atoms with E-state index in [9.17, 15) is 0 Å². The van der Waals surface area contributed by atoms with Crippen LogP contribution in [0, 0.1) is 20.8 Å². The Morgan fingerprint density at radius 3 is 2.27 bits per heavy atom. The highest BCUT2D eigenvalue weighted by Gasteiger charge is 2.11. The van der Waals surface area contributed by atoms with Gasteiger partial charge in [0.2, 0.25) is 0 Å². The summed E-state index contributed by atoms with van der Waals surface area (Å²) in [5.41, 5.74) is 7.31. The van der Waals surface area contributed by atoms with Gasteiger partial charge in [0, 0.05) is 5.75 Å². The molecular weight excluding hydrogens is 200 g/mol. The zero-order valence-electron chi connectivity index (χ0n) is 9.76. The highest BCUT2D eigenvalue weighted by molar-refractivity contribution is 7.99. The fourth-order valence-electron chi connectivity index (χ4n) is 2.44. The fourth-order valence-corrected chi connectivity index (χ4v) is 3.29. The van der Waals surface area contributed by atoms with E-state index in [1.54, 1.807) is 5.57 Å². The second-order valence-corrected chi connectivity index (χ2v) is 5.48. The van der Waals surface area contributed by atoms with E-state index >= 15 is 0 Å². The summed E-state index contributed by atoms with van der Waals surface area (Å²) in [6, 6.07) is 4.59. The molecule has 0 radical (unpaired) electrons. The van der Waals surface area contributed by atoms with Crippen LogP contribution < -0.4 is 0 Å². The molecule has 1 heterocycles. The number of hydrogen-bond acceptors (Lipinski definition) is 1. The van der Waals surface area contributed by atoms with Gasteiger partial charge >= 0.3 is 0 Å². The van der Waals surface area contributed by atoms with E-state index < -0.39 is 0 Å². The van der Waals surface area contributed by atoms with Crippen LogP contribution in [-0.2, 0) is 0 Å². The highest BCUT2D eigenvalue weighted by atomic mass is 32.2. The first kappa shape index (κ1) is 10.8. The van der Waals surface area contributed by atoms with E-state index in [-0.39, 0.29) is 0 Å². The number of allylic oxidation sites excluding steroid dienone is 1. The van der Waals surface area contributed by atoms with E-state index in [0.717, 1.165) is 0 Å². The monoisotopic (exact) mass is 218 g/mol. The van der Waals surface area contributed by atoms with Gasteiger partial charge in [-0.3, -0.25) is 0 Å². The Kier molecular flexibility index (Phi) is 3.20. The first-order valence-corrected chi connectivity index (χ1v) is 6.69. The Balaban J connectivity index is 2.47. The molecule has 0 unspecified atom stereocenters. The Bertz CT molecular complexity index is 379. The predicted octanol–water partition coefficient (Wildman–Crippen LogP) is 4.13. The summed E-state index contributed by atoms with van der Waals surface area (Å²) in [5.74, 6) is 2.46. The molecule has 0 saturated carbocycles. The highest BCUT2D eigenvalue weighted by Crippen LogP contribution is 2.30. The van der Waals surface area contributed by atoms with Crippen LogP contribution in [0.15, 0.2) is 18.2 Å². The number of benzene rings is 1. The number of thioether (sulfide) groups is 1. The van der Waals surface area contributed by atoms with Gasteiger partial charge in [-0.05, 0) is 55.2 Å². The van der Waals surface area contributed by atoms with Crippen molar-refractivity contribution in [1.29, 1.82) is 0 Å². The van der Waals surface area contributed by atoms with Crippen molar-refractivity contribution in [3.8, 4) is 0 Å². The summed E-state index contributed by atoms with van der Waals surface area (Å²) in [6.07, 6.45) is 3.63. The molecule has 0 bridgehead atoms. The molecule has 1 aromatic carbocycles. The standard InChI is InChI=1S/C14H18S/c1-10-8-11(2)14(12(3)9-10)13-4-6-15-7-5-13/h4,8-9H,5-7H2,1-3H3. The summed E-state index contributed by atoms with van der Waals surface area (Å²) in [6.45, 7) is 6.64. The normalized spacial score (nSPS) is 16.3. The molecule has 15 heavy (non-hydrogen) atoms. The van der Waals surface area contributed by atoms with Crippen molar-refractivity contribution < 1.29 is 0 Å². The van der Waals surface area contributed by atoms with Gasteiger partial charge in [-0.15, -0.1) is 0 Å². The predicted molar refractivity (Wildman–Crippen MR) is 70.6 cm³/mol. The van der Waals surface area contributed by atoms with E-state index in [1.807, 2.05) is 11.8 Å². The van der Waals surface area contributed by atoms with Crippen molar-refractivity contribution in [1.82, 2.24) is 0 Å². The van der Waals surface area contributed by atoms with E-state index in [4.69, 9.17) is 0 Å². The van der Waals surface area contributed by atoms with Crippen LogP contribution in [-0.4, -0.2) is 11.5 Å². The minimum absolute atomic E-state index is 1.18. The molecular formula is C14H18S. The molecule has 0 aliphatic carbocycles. The molecule has 80 valence electrons. The maximum absolute atomic E-state index is 2.40. The molecule has 0 N–H and O–H groups in total. The third-order valence-electron chi connectivity index (χ3n) is 2.96. The van der Waals surface area contributed by atoms with Crippen LogP contribution in [0.25, 0.3) is 5.57 Å². The van der Waals surface area contributed by atoms with E-state index in [2.05, 4.69) is 39.0 Å². The lowest BCUT2D eigenvalue weighted by atomic mass is 9.92. The van der Waals surface area contributed by atoms with Crippen molar-refractivity contribution in [2.24, 2.45) is 0 Å². The van der Waals surface area contributed by atoms with Crippen LogP contribution in [0.5, 0.6) is 0 Å². The molecule has 0 nitrogen and oxygen atoms in total. The van der Waals surface area contributed by atoms with Crippen LogP contribution in [0.3, 0.4) is 0 Å². The van der Waals surface area contributed by atoms with Crippen molar-refractivity contribution >= 4 is 17.3 Å². The van der Waals surface area contributed by atoms with Crippen molar-refractivity contribution in [2.75, 3.05) is 11.5 Å². The van der Waals surface area contributed by atoms with Gasteiger partial charge in [0.15, 0.2) is 0 Å². The molecule has 0 atom stereocenters. The molecule has 0 aromatic heterocycles. The summed E-state index contributed by atoms with van der Waals surface area (Å²) >= 11 is 2.03. The lowest BCUT2D eigenvalue weighted by Crippen LogP contribution is -2.00. The van der Waals surface area contributed by atoms with Crippen LogP contribution in [0.4, 0.5) is 0 Å². The van der Waals surface area contributed by atoms with Crippen LogP contribution in [0.2, 0.25) is 0 Å². The second kappa shape index (κ2) is 4.44. The van der Waals surface area contributed by atoms with Crippen LogP contribution in [0.1, 0.15) is 28.7 Å². The first-order valence-electron chi connectivity index (χ1n) is 5.53. The summed E-state index contributed by atoms with van der Waals surface area (Å²) < 4.78 is 0. The average Bonchev–Trinajstić information content (AvgIpc) is 2.17. The molecule has 0 saturated heterocycles. The molecule has 1 aromatic rings. The van der Waals surface area contributed by atoms with Crippen molar-refractivity contribution in [3.05, 3.63) is 40.5 Å². The van der Waals surface area contributed by atoms with Gasteiger partial charge < -0.3 is 0 Å². The van der Waals surface area contributed by atoms with Gasteiger partial charge in [0.1, 0.15) is 0 Å². The van der Waals surface area contributed by atoms with Crippen molar-refractivity contribution in [3.63, 3.8) is 0 Å². The molecule has 0 amide bonds. The molecule has 0 fully saturated rings. The number of hydrogen-bond donors (Lipinski definition) is 0. The Labute approximate surface area is 96.8 Å². The third kappa shape index (κ3) is 2.28. The zero-order chi connectivity index (χ0) is 10.8. The van der Waals surface area contributed by atoms with E-state index in [1.165, 1.54) is 40.2 Å². The summed E-state index contributed by atoms with van der Waals surface area (Å²) in [5, 5.41) is 0. The number of rotatable bonds is 1. The molecule has 1 aliphatic heterocycles. The summed E-state index contributed by atoms with van der Waals surface area (Å²) in [4.78, 5) is 0. The smallest absolute Gasteiger partial charge is 0.0119 e. The largest absolute Gasteiger partial charge is 0.157 e. The van der Waals surface area contributed by atoms with Gasteiger partial charge in [-0.1, -0.05) is 23.8 Å². The summed E-state index contributed by atoms with van der Waals surface area (Å²) in [7, 11) is 0. The maximum atomic E-state index is 2.40. The Morgan fingerprint density at radius 2 is 1.73 bits per heavy atom. The molecule has 2 rings (SSSR count). The topological polar surface area (TPSA) is 0 Å². The van der Waals surface area contributed by atoms with Gasteiger partial charge in [0.25, 0.3) is 0 Å². The van der Waals surface area contributed by atoms with Crippen LogP contribution >= 0.6 is 11.8 Å². The second-order valence-electron chi connectivity index (χ2n) is 4.33. The minimum Gasteiger partial charge on any atom is -0.157 e. The van der Waals surface area contributed by atoms with Crippen molar-refractivity contribution in [2.45, 2.75) is 27.2 Å². The lowest BCUT2D eigenvalue weighted by Gasteiger charge is -2.18. The lowest BCUT2D eigenvalue weighted by molar-refractivity contribution is 1.19. The molecule has 1 aliphatic rings. The Hall–Kier alpha value is -0.690. The maximum Gasteiger partial charge on any atom is 0.0119 e. The third-order valence-corrected chi connectivity index (χ3v) is 3.86. The van der Waals surface area contributed by atoms with Gasteiger partial charge in [-0.2, -0.15) is 11.8 Å².